The molecule has 2 aliphatic carbocycles. The van der Waals surface area contributed by atoms with Gasteiger partial charge in [-0.3, -0.25) is 4.79 Å². The highest BCUT2D eigenvalue weighted by molar-refractivity contribution is 8.03. The third-order valence-electron chi connectivity index (χ3n) is 4.25. The second-order valence-electron chi connectivity index (χ2n) is 5.68. The van der Waals surface area contributed by atoms with Crippen molar-refractivity contribution in [2.45, 2.75) is 30.6 Å². The Labute approximate surface area is 137 Å². The average Bonchev–Trinajstić information content (AvgIpc) is 2.82. The van der Waals surface area contributed by atoms with Gasteiger partial charge in [0.25, 0.3) is 0 Å². The van der Waals surface area contributed by atoms with Gasteiger partial charge in [-0.25, -0.2) is 4.79 Å². The fourth-order valence-corrected chi connectivity index (χ4v) is 4.53. The van der Waals surface area contributed by atoms with E-state index in [0.29, 0.717) is 17.7 Å². The fraction of sp³-hybridized carbons (Fsp3) is 0.222. The first kappa shape index (κ1) is 14.3. The van der Waals surface area contributed by atoms with Crippen LogP contribution in [0.4, 0.5) is 4.79 Å². The van der Waals surface area contributed by atoms with Crippen molar-refractivity contribution in [3.63, 3.8) is 0 Å². The van der Waals surface area contributed by atoms with Gasteiger partial charge in [-0.05, 0) is 42.5 Å². The van der Waals surface area contributed by atoms with Crippen molar-refractivity contribution in [3.8, 4) is 0 Å². The normalized spacial score (nSPS) is 18.8. The van der Waals surface area contributed by atoms with Gasteiger partial charge in [-0.15, -0.1) is 0 Å². The highest BCUT2D eigenvalue weighted by Gasteiger charge is 2.30. The minimum absolute atomic E-state index is 0.128. The minimum atomic E-state index is -1.34. The van der Waals surface area contributed by atoms with Gasteiger partial charge in [0.15, 0.2) is 5.78 Å². The molecule has 1 aromatic rings. The maximum Gasteiger partial charge on any atom is 0.511 e. The summed E-state index contributed by atoms with van der Waals surface area (Å²) in [6, 6.07) is 3.78. The lowest BCUT2D eigenvalue weighted by Gasteiger charge is -2.14. The third-order valence-corrected chi connectivity index (χ3v) is 5.50. The standard InChI is InChI=1S/C18H14O4S/c19-13-8-6-10-5-7-12-14(22-18(20)21)9-11-3-1-2-4-15(11)23-17(12)16(10)13/h3-5,7,9H,1-2,6,8H2,(H,20,21). The van der Waals surface area contributed by atoms with Crippen molar-refractivity contribution in [1.29, 1.82) is 0 Å². The molecular weight excluding hydrogens is 312 g/mol. The Hall–Kier alpha value is -2.27. The van der Waals surface area contributed by atoms with Gasteiger partial charge in [-0.2, -0.15) is 0 Å². The van der Waals surface area contributed by atoms with Gasteiger partial charge in [0.05, 0.1) is 0 Å². The summed E-state index contributed by atoms with van der Waals surface area (Å²) in [7, 11) is 0. The number of benzene rings is 1. The maximum atomic E-state index is 12.3. The Morgan fingerprint density at radius 2 is 2.00 bits per heavy atom. The zero-order chi connectivity index (χ0) is 16.0. The molecule has 0 amide bonds. The number of Topliss-reactive ketones (excluding diaryl/α,β-unsaturated/α-hetero) is 1. The number of ketones is 1. The van der Waals surface area contributed by atoms with Crippen LogP contribution in [0.15, 0.2) is 45.7 Å². The summed E-state index contributed by atoms with van der Waals surface area (Å²) in [4.78, 5) is 25.3. The van der Waals surface area contributed by atoms with Crippen LogP contribution in [0.2, 0.25) is 0 Å². The molecule has 1 heterocycles. The Morgan fingerprint density at radius 3 is 2.83 bits per heavy atom. The lowest BCUT2D eigenvalue weighted by Crippen LogP contribution is -2.03. The quantitative estimate of drug-likeness (QED) is 0.766. The molecule has 0 bridgehead atoms. The topological polar surface area (TPSA) is 63.6 Å². The Bertz CT molecular complexity index is 830. The van der Waals surface area contributed by atoms with E-state index in [-0.39, 0.29) is 5.78 Å². The zero-order valence-electron chi connectivity index (χ0n) is 12.3. The van der Waals surface area contributed by atoms with E-state index in [2.05, 4.69) is 12.2 Å². The van der Waals surface area contributed by atoms with Crippen LogP contribution in [0.3, 0.4) is 0 Å². The molecule has 0 saturated heterocycles. The highest BCUT2D eigenvalue weighted by Crippen LogP contribution is 2.47. The van der Waals surface area contributed by atoms with Gasteiger partial charge in [-0.1, -0.05) is 30.0 Å². The van der Waals surface area contributed by atoms with Crippen LogP contribution in [-0.4, -0.2) is 17.0 Å². The first-order chi connectivity index (χ1) is 11.1. The second kappa shape index (κ2) is 5.42. The molecule has 0 atom stereocenters. The average molecular weight is 326 g/mol. The summed E-state index contributed by atoms with van der Waals surface area (Å²) in [5.74, 6) is 0.418. The van der Waals surface area contributed by atoms with Crippen LogP contribution in [0.5, 0.6) is 0 Å². The van der Waals surface area contributed by atoms with Crippen LogP contribution in [0, 0.1) is 0 Å². The first-order valence-electron chi connectivity index (χ1n) is 7.54. The molecular formula is C18H14O4S. The van der Waals surface area contributed by atoms with E-state index in [9.17, 15) is 9.59 Å². The summed E-state index contributed by atoms with van der Waals surface area (Å²) in [6.45, 7) is 0. The van der Waals surface area contributed by atoms with Crippen LogP contribution in [-0.2, 0) is 11.2 Å². The third kappa shape index (κ3) is 2.41. The smallest absolute Gasteiger partial charge is 0.449 e. The molecule has 0 fully saturated rings. The van der Waals surface area contributed by atoms with E-state index in [1.54, 1.807) is 17.8 Å². The molecule has 5 heteroatoms. The SMILES string of the molecule is O=C(O)OC1=CC2=CCCC=C2Sc2c1ccc1c2C(=O)CC1. The van der Waals surface area contributed by atoms with Gasteiger partial charge in [0, 0.05) is 27.3 Å². The largest absolute Gasteiger partial charge is 0.511 e. The molecule has 1 aliphatic heterocycles. The number of carbonyl (C=O) groups excluding carboxylic acids is 1. The van der Waals surface area contributed by atoms with Crippen molar-refractivity contribution < 1.29 is 19.4 Å². The number of allylic oxidation sites excluding steroid dienone is 4. The summed E-state index contributed by atoms with van der Waals surface area (Å²) in [6.07, 6.45) is 7.79. The maximum absolute atomic E-state index is 12.3. The zero-order valence-corrected chi connectivity index (χ0v) is 13.1. The lowest BCUT2D eigenvalue weighted by atomic mass is 10.0. The van der Waals surface area contributed by atoms with Gasteiger partial charge in [0.2, 0.25) is 0 Å². The molecule has 1 N–H and O–H groups in total. The number of carbonyl (C=O) groups is 2. The predicted molar refractivity (Wildman–Crippen MR) is 87.4 cm³/mol. The molecule has 0 radical (unpaired) electrons. The van der Waals surface area contributed by atoms with Crippen LogP contribution >= 0.6 is 11.8 Å². The Kier molecular flexibility index (Phi) is 3.38. The predicted octanol–water partition coefficient (Wildman–Crippen LogP) is 4.56. The molecule has 0 aromatic heterocycles. The number of rotatable bonds is 1. The molecule has 4 rings (SSSR count). The number of fused-ring (bicyclic) bond motifs is 4. The summed E-state index contributed by atoms with van der Waals surface area (Å²) >= 11 is 1.55. The summed E-state index contributed by atoms with van der Waals surface area (Å²) in [5.41, 5.74) is 3.43. The summed E-state index contributed by atoms with van der Waals surface area (Å²) < 4.78 is 5.03. The van der Waals surface area contributed by atoms with Gasteiger partial charge >= 0.3 is 6.16 Å². The molecule has 0 saturated carbocycles. The molecule has 1 aromatic carbocycles. The van der Waals surface area contributed by atoms with Crippen LogP contribution < -0.4 is 0 Å². The Morgan fingerprint density at radius 1 is 1.17 bits per heavy atom. The highest BCUT2D eigenvalue weighted by atomic mass is 32.2. The van der Waals surface area contributed by atoms with Crippen molar-refractivity contribution in [1.82, 2.24) is 0 Å². The number of aryl methyl sites for hydroxylation is 1. The number of carboxylic acid groups (broad SMARTS) is 1. The van der Waals surface area contributed by atoms with Crippen molar-refractivity contribution in [2.75, 3.05) is 0 Å². The molecule has 23 heavy (non-hydrogen) atoms. The van der Waals surface area contributed by atoms with E-state index < -0.39 is 6.16 Å². The molecule has 0 unspecified atom stereocenters. The fourth-order valence-electron chi connectivity index (χ4n) is 3.22. The number of thioether (sulfide) groups is 1. The van der Waals surface area contributed by atoms with Crippen LogP contribution in [0.1, 0.15) is 40.7 Å². The summed E-state index contributed by atoms with van der Waals surface area (Å²) in [5, 5.41) is 9.05. The monoisotopic (exact) mass is 326 g/mol. The van der Waals surface area contributed by atoms with Crippen molar-refractivity contribution in [3.05, 3.63) is 57.5 Å². The lowest BCUT2D eigenvalue weighted by molar-refractivity contribution is 0.0992. The van der Waals surface area contributed by atoms with E-state index in [1.165, 1.54) is 0 Å². The van der Waals surface area contributed by atoms with E-state index >= 15 is 0 Å². The van der Waals surface area contributed by atoms with Gasteiger partial charge in [0.1, 0.15) is 5.76 Å². The second-order valence-corrected chi connectivity index (χ2v) is 6.74. The van der Waals surface area contributed by atoms with E-state index in [1.807, 2.05) is 12.1 Å². The number of hydrogen-bond acceptors (Lipinski definition) is 4. The Balaban J connectivity index is 1.94. The molecule has 4 nitrogen and oxygen atoms in total. The number of hydrogen-bond donors (Lipinski definition) is 1. The van der Waals surface area contributed by atoms with E-state index in [0.717, 1.165) is 45.8 Å². The van der Waals surface area contributed by atoms with Gasteiger partial charge < -0.3 is 9.84 Å². The molecule has 116 valence electrons. The van der Waals surface area contributed by atoms with Crippen LogP contribution in [0.25, 0.3) is 5.76 Å². The van der Waals surface area contributed by atoms with Crippen molar-refractivity contribution >= 4 is 29.5 Å². The minimum Gasteiger partial charge on any atom is -0.449 e. The van der Waals surface area contributed by atoms with E-state index in [4.69, 9.17) is 9.84 Å². The number of ether oxygens (including phenoxy) is 1. The van der Waals surface area contributed by atoms with Crippen molar-refractivity contribution in [2.24, 2.45) is 0 Å². The molecule has 3 aliphatic rings. The molecule has 0 spiro atoms. The first-order valence-corrected chi connectivity index (χ1v) is 8.35.